The van der Waals surface area contributed by atoms with Gasteiger partial charge in [-0.2, -0.15) is 0 Å². The van der Waals surface area contributed by atoms with Crippen LogP contribution in [0.2, 0.25) is 0 Å². The number of nitrogens with zero attached hydrogens (tertiary/aromatic N) is 3. The van der Waals surface area contributed by atoms with E-state index in [4.69, 9.17) is 4.74 Å². The van der Waals surface area contributed by atoms with Crippen LogP contribution in [0.15, 0.2) is 35.8 Å². The SMILES string of the molecule is O=C(Cc1ccc(N2CCOCC2)cc1)N1CCC(c2nccs2)CC1. The lowest BCUT2D eigenvalue weighted by Crippen LogP contribution is -2.38. The van der Waals surface area contributed by atoms with E-state index in [-0.39, 0.29) is 5.91 Å². The molecule has 0 N–H and O–H groups in total. The van der Waals surface area contributed by atoms with Crippen molar-refractivity contribution >= 4 is 22.9 Å². The molecule has 0 radical (unpaired) electrons. The van der Waals surface area contributed by atoms with Gasteiger partial charge >= 0.3 is 0 Å². The third-order valence-corrected chi connectivity index (χ3v) is 6.25. The fourth-order valence-electron chi connectivity index (χ4n) is 3.74. The van der Waals surface area contributed by atoms with Crippen LogP contribution in [0, 0.1) is 0 Å². The lowest BCUT2D eigenvalue weighted by Gasteiger charge is -2.31. The Morgan fingerprint density at radius 1 is 1.12 bits per heavy atom. The first kappa shape index (κ1) is 17.5. The zero-order valence-electron chi connectivity index (χ0n) is 15.0. The number of likely N-dealkylation sites (tertiary alicyclic amines) is 1. The molecule has 0 unspecified atom stereocenters. The van der Waals surface area contributed by atoms with E-state index >= 15 is 0 Å². The first-order valence-corrected chi connectivity index (χ1v) is 10.3. The van der Waals surface area contributed by atoms with Crippen LogP contribution >= 0.6 is 11.3 Å². The Bertz CT molecular complexity index is 703. The Kier molecular flexibility index (Phi) is 5.51. The summed E-state index contributed by atoms with van der Waals surface area (Å²) in [6.45, 7) is 5.14. The van der Waals surface area contributed by atoms with Crippen LogP contribution in [0.1, 0.15) is 29.3 Å². The summed E-state index contributed by atoms with van der Waals surface area (Å²) in [5.74, 6) is 0.758. The molecule has 3 heterocycles. The molecule has 0 aliphatic carbocycles. The molecular weight excluding hydrogens is 346 g/mol. The summed E-state index contributed by atoms with van der Waals surface area (Å²) in [6.07, 6.45) is 4.41. The molecule has 0 spiro atoms. The molecule has 0 atom stereocenters. The van der Waals surface area contributed by atoms with E-state index in [0.717, 1.165) is 57.8 Å². The molecule has 2 aliphatic rings. The molecule has 2 aromatic rings. The van der Waals surface area contributed by atoms with Crippen molar-refractivity contribution in [1.29, 1.82) is 0 Å². The van der Waals surface area contributed by atoms with Gasteiger partial charge in [-0.15, -0.1) is 11.3 Å². The number of anilines is 1. The number of thiazole rings is 1. The van der Waals surface area contributed by atoms with Gasteiger partial charge in [0, 0.05) is 49.4 Å². The number of morpholine rings is 1. The standard InChI is InChI=1S/C20H25N3O2S/c24-19(23-8-5-17(6-9-23)20-21-7-14-26-20)15-16-1-3-18(4-2-16)22-10-12-25-13-11-22/h1-4,7,14,17H,5-6,8-13,15H2. The number of ether oxygens (including phenoxy) is 1. The molecule has 2 fully saturated rings. The van der Waals surface area contributed by atoms with Gasteiger partial charge in [-0.25, -0.2) is 4.98 Å². The summed E-state index contributed by atoms with van der Waals surface area (Å²) in [5.41, 5.74) is 2.31. The zero-order valence-corrected chi connectivity index (χ0v) is 15.8. The van der Waals surface area contributed by atoms with Crippen LogP contribution in [-0.2, 0) is 16.0 Å². The Hall–Kier alpha value is -1.92. The molecule has 5 nitrogen and oxygen atoms in total. The number of rotatable bonds is 4. The highest BCUT2D eigenvalue weighted by Crippen LogP contribution is 2.29. The van der Waals surface area contributed by atoms with Gasteiger partial charge in [0.05, 0.1) is 24.6 Å². The Labute approximate surface area is 158 Å². The van der Waals surface area contributed by atoms with Crippen LogP contribution in [0.25, 0.3) is 0 Å². The van der Waals surface area contributed by atoms with Crippen molar-refractivity contribution in [3.8, 4) is 0 Å². The van der Waals surface area contributed by atoms with Crippen LogP contribution < -0.4 is 4.90 Å². The minimum atomic E-state index is 0.238. The number of carbonyl (C=O) groups excluding carboxylic acids is 1. The molecule has 0 bridgehead atoms. The van der Waals surface area contributed by atoms with E-state index in [2.05, 4.69) is 34.1 Å². The molecule has 1 amide bonds. The molecule has 1 aromatic heterocycles. The van der Waals surface area contributed by atoms with Gasteiger partial charge in [0.2, 0.25) is 5.91 Å². The molecule has 4 rings (SSSR count). The van der Waals surface area contributed by atoms with Crippen molar-refractivity contribution < 1.29 is 9.53 Å². The molecule has 26 heavy (non-hydrogen) atoms. The first-order valence-electron chi connectivity index (χ1n) is 9.38. The van der Waals surface area contributed by atoms with Crippen molar-refractivity contribution in [2.24, 2.45) is 0 Å². The highest BCUT2D eigenvalue weighted by Gasteiger charge is 2.25. The monoisotopic (exact) mass is 371 g/mol. The predicted molar refractivity (Wildman–Crippen MR) is 104 cm³/mol. The van der Waals surface area contributed by atoms with E-state index in [1.165, 1.54) is 10.7 Å². The summed E-state index contributed by atoms with van der Waals surface area (Å²) in [7, 11) is 0. The zero-order chi connectivity index (χ0) is 17.8. The van der Waals surface area contributed by atoms with Gasteiger partial charge in [-0.05, 0) is 30.5 Å². The summed E-state index contributed by atoms with van der Waals surface area (Å²) < 4.78 is 5.40. The van der Waals surface area contributed by atoms with Gasteiger partial charge in [-0.1, -0.05) is 12.1 Å². The number of carbonyl (C=O) groups is 1. The molecule has 1 aromatic carbocycles. The summed E-state index contributed by atoms with van der Waals surface area (Å²) in [6, 6.07) is 8.43. The summed E-state index contributed by atoms with van der Waals surface area (Å²) >= 11 is 1.73. The van der Waals surface area contributed by atoms with E-state index in [0.29, 0.717) is 12.3 Å². The Morgan fingerprint density at radius 2 is 1.85 bits per heavy atom. The number of piperidine rings is 1. The Balaban J connectivity index is 1.29. The number of aromatic nitrogens is 1. The van der Waals surface area contributed by atoms with Crippen molar-refractivity contribution in [2.45, 2.75) is 25.2 Å². The van der Waals surface area contributed by atoms with Gasteiger partial charge in [0.15, 0.2) is 0 Å². The maximum absolute atomic E-state index is 12.6. The average Bonchev–Trinajstić information content (AvgIpc) is 3.24. The Morgan fingerprint density at radius 3 is 2.50 bits per heavy atom. The number of amides is 1. The highest BCUT2D eigenvalue weighted by atomic mass is 32.1. The van der Waals surface area contributed by atoms with E-state index in [9.17, 15) is 4.79 Å². The summed E-state index contributed by atoms with van der Waals surface area (Å²) in [5, 5.41) is 3.25. The fraction of sp³-hybridized carbons (Fsp3) is 0.500. The third kappa shape index (κ3) is 4.07. The van der Waals surface area contributed by atoms with Gasteiger partial charge in [0.25, 0.3) is 0 Å². The topological polar surface area (TPSA) is 45.7 Å². The van der Waals surface area contributed by atoms with E-state index < -0.39 is 0 Å². The lowest BCUT2D eigenvalue weighted by atomic mass is 9.97. The van der Waals surface area contributed by atoms with Crippen LogP contribution in [-0.4, -0.2) is 55.2 Å². The predicted octanol–water partition coefficient (Wildman–Crippen LogP) is 2.93. The second-order valence-corrected chi connectivity index (χ2v) is 7.89. The normalized spacial score (nSPS) is 18.9. The largest absolute Gasteiger partial charge is 0.378 e. The second-order valence-electron chi connectivity index (χ2n) is 6.97. The minimum absolute atomic E-state index is 0.238. The summed E-state index contributed by atoms with van der Waals surface area (Å²) in [4.78, 5) is 21.4. The molecule has 2 aliphatic heterocycles. The average molecular weight is 372 g/mol. The molecule has 138 valence electrons. The molecular formula is C20H25N3O2S. The highest BCUT2D eigenvalue weighted by molar-refractivity contribution is 7.09. The van der Waals surface area contributed by atoms with E-state index in [1.54, 1.807) is 11.3 Å². The van der Waals surface area contributed by atoms with Crippen LogP contribution in [0.5, 0.6) is 0 Å². The van der Waals surface area contributed by atoms with Crippen LogP contribution in [0.3, 0.4) is 0 Å². The minimum Gasteiger partial charge on any atom is -0.378 e. The maximum atomic E-state index is 12.6. The van der Waals surface area contributed by atoms with Crippen LogP contribution in [0.4, 0.5) is 5.69 Å². The van der Waals surface area contributed by atoms with Crippen molar-refractivity contribution in [2.75, 3.05) is 44.3 Å². The number of hydrogen-bond donors (Lipinski definition) is 0. The van der Waals surface area contributed by atoms with Gasteiger partial charge in [-0.3, -0.25) is 4.79 Å². The van der Waals surface area contributed by atoms with Gasteiger partial charge < -0.3 is 14.5 Å². The lowest BCUT2D eigenvalue weighted by molar-refractivity contribution is -0.131. The van der Waals surface area contributed by atoms with Crippen molar-refractivity contribution in [3.05, 3.63) is 46.4 Å². The van der Waals surface area contributed by atoms with E-state index in [1.807, 2.05) is 16.5 Å². The molecule has 6 heteroatoms. The maximum Gasteiger partial charge on any atom is 0.226 e. The van der Waals surface area contributed by atoms with Crippen molar-refractivity contribution in [3.63, 3.8) is 0 Å². The molecule has 0 saturated carbocycles. The smallest absolute Gasteiger partial charge is 0.226 e. The first-order chi connectivity index (χ1) is 12.8. The fourth-order valence-corrected chi connectivity index (χ4v) is 4.56. The second kappa shape index (κ2) is 8.18. The number of benzene rings is 1. The van der Waals surface area contributed by atoms with Gasteiger partial charge in [0.1, 0.15) is 0 Å². The molecule has 2 saturated heterocycles. The number of hydrogen-bond acceptors (Lipinski definition) is 5. The van der Waals surface area contributed by atoms with Crippen molar-refractivity contribution in [1.82, 2.24) is 9.88 Å². The quantitative estimate of drug-likeness (QED) is 0.829. The third-order valence-electron chi connectivity index (χ3n) is 5.32.